The minimum absolute atomic E-state index is 0.0523. The molecule has 1 atom stereocenters. The van der Waals surface area contributed by atoms with E-state index in [4.69, 9.17) is 18.6 Å². The first kappa shape index (κ1) is 23.0. The Kier molecular flexibility index (Phi) is 6.44. The van der Waals surface area contributed by atoms with Crippen molar-refractivity contribution in [3.8, 4) is 17.2 Å². The second-order valence-electron chi connectivity index (χ2n) is 8.49. The molecule has 7 nitrogen and oxygen atoms in total. The number of phenols is 1. The summed E-state index contributed by atoms with van der Waals surface area (Å²) < 4.78 is 22.4. The fraction of sp³-hybridized carbons (Fsp3) is 0.250. The largest absolute Gasteiger partial charge is 0.508 e. The van der Waals surface area contributed by atoms with Crippen molar-refractivity contribution >= 4 is 16.8 Å². The number of morpholine rings is 1. The normalized spacial score (nSPS) is 16.3. The maximum atomic E-state index is 13.5. The number of ether oxygens (including phenoxy) is 3. The van der Waals surface area contributed by atoms with Gasteiger partial charge in [-0.25, -0.2) is 0 Å². The topological polar surface area (TPSA) is 81.4 Å². The molecule has 1 unspecified atom stereocenters. The first-order chi connectivity index (χ1) is 17.1. The summed E-state index contributed by atoms with van der Waals surface area (Å²) >= 11 is 0. The highest BCUT2D eigenvalue weighted by molar-refractivity contribution is 6.17. The number of benzene rings is 3. The van der Waals surface area contributed by atoms with E-state index in [0.717, 1.165) is 12.1 Å². The number of methoxy groups -OCH3 is 2. The molecule has 1 aromatic heterocycles. The highest BCUT2D eigenvalue weighted by Gasteiger charge is 2.26. The first-order valence-corrected chi connectivity index (χ1v) is 11.5. The number of rotatable bonds is 7. The molecule has 0 bridgehead atoms. The number of aromatic hydroxyl groups is 1. The summed E-state index contributed by atoms with van der Waals surface area (Å²) in [4.78, 5) is 15.7. The molecular weight excluding hydrogens is 446 g/mol. The second-order valence-corrected chi connectivity index (χ2v) is 8.49. The molecule has 0 radical (unpaired) electrons. The van der Waals surface area contributed by atoms with Crippen molar-refractivity contribution in [3.05, 3.63) is 89.2 Å². The molecule has 35 heavy (non-hydrogen) atoms. The summed E-state index contributed by atoms with van der Waals surface area (Å²) in [6, 6.07) is 18.4. The molecule has 0 saturated carbocycles. The lowest BCUT2D eigenvalue weighted by Crippen LogP contribution is -2.37. The van der Waals surface area contributed by atoms with E-state index in [2.05, 4.69) is 17.0 Å². The lowest BCUT2D eigenvalue weighted by atomic mass is 9.98. The van der Waals surface area contributed by atoms with Gasteiger partial charge >= 0.3 is 0 Å². The van der Waals surface area contributed by atoms with Crippen LogP contribution in [-0.4, -0.2) is 49.7 Å². The fourth-order valence-corrected chi connectivity index (χ4v) is 4.59. The maximum absolute atomic E-state index is 13.5. The number of carbonyl (C=O) groups excluding carboxylic acids is 1. The number of ketones is 1. The van der Waals surface area contributed by atoms with E-state index >= 15 is 0 Å². The van der Waals surface area contributed by atoms with E-state index in [9.17, 15) is 9.90 Å². The average Bonchev–Trinajstić information content (AvgIpc) is 3.34. The first-order valence-electron chi connectivity index (χ1n) is 11.5. The molecule has 2 heterocycles. The quantitative estimate of drug-likeness (QED) is 0.380. The average molecular weight is 474 g/mol. The van der Waals surface area contributed by atoms with Crippen LogP contribution in [0.3, 0.4) is 0 Å². The van der Waals surface area contributed by atoms with Crippen molar-refractivity contribution in [1.29, 1.82) is 0 Å². The molecule has 7 heteroatoms. The van der Waals surface area contributed by atoms with Crippen LogP contribution in [0, 0.1) is 0 Å². The SMILES string of the molecule is COc1ccc(C(=O)c2coc3ccc(O)c(CN4CCOC(c5ccccc5)C4)c23)cc1OC. The Morgan fingerprint density at radius 1 is 1.06 bits per heavy atom. The number of nitrogens with zero attached hydrogens (tertiary/aromatic N) is 1. The van der Waals surface area contributed by atoms with Crippen LogP contribution in [0.5, 0.6) is 17.2 Å². The number of hydrogen-bond donors (Lipinski definition) is 1. The van der Waals surface area contributed by atoms with Crippen LogP contribution in [0.4, 0.5) is 0 Å². The molecule has 1 N–H and O–H groups in total. The molecule has 4 aromatic rings. The number of hydrogen-bond acceptors (Lipinski definition) is 7. The predicted molar refractivity (Wildman–Crippen MR) is 131 cm³/mol. The lowest BCUT2D eigenvalue weighted by Gasteiger charge is -2.33. The van der Waals surface area contributed by atoms with Gasteiger partial charge in [0, 0.05) is 36.1 Å². The van der Waals surface area contributed by atoms with Crippen LogP contribution in [0.2, 0.25) is 0 Å². The smallest absolute Gasteiger partial charge is 0.197 e. The summed E-state index contributed by atoms with van der Waals surface area (Å²) in [6.07, 6.45) is 1.40. The van der Waals surface area contributed by atoms with Gasteiger partial charge in [0.05, 0.1) is 32.5 Å². The van der Waals surface area contributed by atoms with Crippen molar-refractivity contribution < 1.29 is 28.5 Å². The van der Waals surface area contributed by atoms with E-state index < -0.39 is 0 Å². The minimum Gasteiger partial charge on any atom is -0.508 e. The number of phenolic OH excluding ortho intramolecular Hbond substituents is 1. The Balaban J connectivity index is 1.48. The van der Waals surface area contributed by atoms with Crippen molar-refractivity contribution in [2.24, 2.45) is 0 Å². The summed E-state index contributed by atoms with van der Waals surface area (Å²) in [6.45, 7) is 2.44. The predicted octanol–water partition coefficient (Wildman–Crippen LogP) is 4.96. The molecule has 1 fully saturated rings. The third-order valence-electron chi connectivity index (χ3n) is 6.42. The maximum Gasteiger partial charge on any atom is 0.197 e. The number of furan rings is 1. The van der Waals surface area contributed by atoms with Crippen molar-refractivity contribution in [2.45, 2.75) is 12.6 Å². The van der Waals surface area contributed by atoms with Gasteiger partial charge in [-0.3, -0.25) is 9.69 Å². The number of fused-ring (bicyclic) bond motifs is 1. The van der Waals surface area contributed by atoms with E-state index in [1.807, 2.05) is 18.2 Å². The summed E-state index contributed by atoms with van der Waals surface area (Å²) in [5, 5.41) is 11.4. The van der Waals surface area contributed by atoms with Gasteiger partial charge in [0.15, 0.2) is 17.3 Å². The summed E-state index contributed by atoms with van der Waals surface area (Å²) in [5.74, 6) is 0.915. The molecule has 5 rings (SSSR count). The number of carbonyl (C=O) groups is 1. The zero-order valence-electron chi connectivity index (χ0n) is 19.7. The lowest BCUT2D eigenvalue weighted by molar-refractivity contribution is -0.0329. The highest BCUT2D eigenvalue weighted by Crippen LogP contribution is 2.36. The van der Waals surface area contributed by atoms with Crippen molar-refractivity contribution in [2.75, 3.05) is 33.9 Å². The fourth-order valence-electron chi connectivity index (χ4n) is 4.59. The van der Waals surface area contributed by atoms with Gasteiger partial charge in [0.25, 0.3) is 0 Å². The van der Waals surface area contributed by atoms with Gasteiger partial charge in [0.1, 0.15) is 17.6 Å². The molecule has 180 valence electrons. The highest BCUT2D eigenvalue weighted by atomic mass is 16.5. The minimum atomic E-state index is -0.222. The molecule has 1 aliphatic rings. The molecule has 3 aromatic carbocycles. The Bertz CT molecular complexity index is 1350. The van der Waals surface area contributed by atoms with Crippen LogP contribution in [0.1, 0.15) is 33.2 Å². The van der Waals surface area contributed by atoms with E-state index in [1.54, 1.807) is 37.4 Å². The van der Waals surface area contributed by atoms with Gasteiger partial charge < -0.3 is 23.7 Å². The van der Waals surface area contributed by atoms with Crippen molar-refractivity contribution in [1.82, 2.24) is 4.90 Å². The van der Waals surface area contributed by atoms with Crippen LogP contribution in [-0.2, 0) is 11.3 Å². The third-order valence-corrected chi connectivity index (χ3v) is 6.42. The van der Waals surface area contributed by atoms with Crippen LogP contribution in [0.25, 0.3) is 11.0 Å². The van der Waals surface area contributed by atoms with Crippen LogP contribution >= 0.6 is 0 Å². The zero-order valence-corrected chi connectivity index (χ0v) is 19.7. The summed E-state index contributed by atoms with van der Waals surface area (Å²) in [5.41, 5.74) is 3.16. The zero-order chi connectivity index (χ0) is 24.4. The molecule has 0 aliphatic carbocycles. The van der Waals surface area contributed by atoms with E-state index in [0.29, 0.717) is 58.9 Å². The van der Waals surface area contributed by atoms with E-state index in [-0.39, 0.29) is 17.6 Å². The Labute approximate surface area is 203 Å². The molecule has 0 amide bonds. The third kappa shape index (κ3) is 4.48. The van der Waals surface area contributed by atoms with Gasteiger partial charge in [-0.1, -0.05) is 30.3 Å². The standard InChI is InChI=1S/C28H27NO6/c1-32-23-10-8-19(14-25(23)33-2)28(31)21-17-35-24-11-9-22(30)20(27(21)24)15-29-12-13-34-26(16-29)18-6-4-3-5-7-18/h3-11,14,17,26,30H,12-13,15-16H2,1-2H3. The Morgan fingerprint density at radius 3 is 2.63 bits per heavy atom. The monoisotopic (exact) mass is 473 g/mol. The molecule has 1 aliphatic heterocycles. The van der Waals surface area contributed by atoms with Gasteiger partial charge in [-0.2, -0.15) is 0 Å². The Morgan fingerprint density at radius 2 is 1.86 bits per heavy atom. The van der Waals surface area contributed by atoms with Crippen molar-refractivity contribution in [3.63, 3.8) is 0 Å². The second kappa shape index (κ2) is 9.82. The molecule has 1 saturated heterocycles. The van der Waals surface area contributed by atoms with Gasteiger partial charge in [-0.15, -0.1) is 0 Å². The Hall–Kier alpha value is -3.81. The molecule has 0 spiro atoms. The van der Waals surface area contributed by atoms with Crippen LogP contribution < -0.4 is 9.47 Å². The van der Waals surface area contributed by atoms with Gasteiger partial charge in [-0.05, 0) is 35.9 Å². The van der Waals surface area contributed by atoms with Crippen LogP contribution in [0.15, 0.2) is 71.3 Å². The van der Waals surface area contributed by atoms with E-state index in [1.165, 1.54) is 13.4 Å². The molecular formula is C28H27NO6. The van der Waals surface area contributed by atoms with Gasteiger partial charge in [0.2, 0.25) is 0 Å². The summed E-state index contributed by atoms with van der Waals surface area (Å²) in [7, 11) is 3.08.